The normalized spacial score (nSPS) is 14.1. The number of amides is 1. The molecule has 3 heterocycles. The maximum atomic E-state index is 13.4. The van der Waals surface area contributed by atoms with Gasteiger partial charge in [0.25, 0.3) is 5.78 Å². The minimum absolute atomic E-state index is 0.0539. The number of anilines is 2. The van der Waals surface area contributed by atoms with Crippen molar-refractivity contribution in [2.45, 2.75) is 26.2 Å². The highest BCUT2D eigenvalue weighted by Crippen LogP contribution is 2.32. The Bertz CT molecular complexity index is 1560. The number of piperidine rings is 1. The number of fused-ring (bicyclic) bond motifs is 1. The fourth-order valence-corrected chi connectivity index (χ4v) is 5.35. The number of aryl methyl sites for hydroxylation is 1. The molecule has 0 unspecified atom stereocenters. The van der Waals surface area contributed by atoms with Crippen LogP contribution in [-0.2, 0) is 11.2 Å². The van der Waals surface area contributed by atoms with Gasteiger partial charge in [0.05, 0.1) is 0 Å². The van der Waals surface area contributed by atoms with Crippen LogP contribution in [0.25, 0.3) is 16.9 Å². The predicted octanol–water partition coefficient (Wildman–Crippen LogP) is 5.55. The molecule has 0 spiro atoms. The zero-order chi connectivity index (χ0) is 25.9. The average molecular weight is 503 g/mol. The molecule has 3 aromatic carbocycles. The quantitative estimate of drug-likeness (QED) is 0.330. The number of hydrogen-bond acceptors (Lipinski definition) is 5. The van der Waals surface area contributed by atoms with E-state index in [1.807, 2.05) is 53.9 Å². The van der Waals surface area contributed by atoms with E-state index in [1.165, 1.54) is 5.56 Å². The van der Waals surface area contributed by atoms with Gasteiger partial charge in [-0.25, -0.2) is 4.98 Å². The number of carbonyl (C=O) groups excluding carboxylic acids is 1. The molecule has 2 aromatic heterocycles. The molecule has 0 saturated carbocycles. The maximum Gasteiger partial charge on any atom is 0.254 e. The third-order valence-corrected chi connectivity index (χ3v) is 7.36. The zero-order valence-electron chi connectivity index (χ0n) is 21.4. The summed E-state index contributed by atoms with van der Waals surface area (Å²) < 4.78 is 1.85. The van der Waals surface area contributed by atoms with E-state index in [2.05, 4.69) is 62.8 Å². The first-order valence-corrected chi connectivity index (χ1v) is 13.1. The average Bonchev–Trinajstić information content (AvgIpc) is 3.43. The summed E-state index contributed by atoms with van der Waals surface area (Å²) in [5, 5.41) is 7.72. The highest BCUT2D eigenvalue weighted by atomic mass is 16.1. The third kappa shape index (κ3) is 4.75. The van der Waals surface area contributed by atoms with Gasteiger partial charge in [-0.1, -0.05) is 78.9 Å². The van der Waals surface area contributed by atoms with Gasteiger partial charge in [-0.15, -0.1) is 0 Å². The fraction of sp³-hybridized carbons (Fsp3) is 0.226. The van der Waals surface area contributed by atoms with Crippen LogP contribution in [-0.4, -0.2) is 38.6 Å². The van der Waals surface area contributed by atoms with Gasteiger partial charge in [0.1, 0.15) is 12.1 Å². The van der Waals surface area contributed by atoms with E-state index in [0.29, 0.717) is 5.78 Å². The second-order valence-corrected chi connectivity index (χ2v) is 9.80. The van der Waals surface area contributed by atoms with Gasteiger partial charge in [-0.05, 0) is 37.0 Å². The third-order valence-electron chi connectivity index (χ3n) is 7.36. The number of para-hydroxylation sites is 1. The molecular formula is C31H30N6O. The van der Waals surface area contributed by atoms with Crippen LogP contribution in [0.4, 0.5) is 11.5 Å². The van der Waals surface area contributed by atoms with Gasteiger partial charge >= 0.3 is 0 Å². The molecule has 7 heteroatoms. The molecule has 6 rings (SSSR count). The van der Waals surface area contributed by atoms with Crippen molar-refractivity contribution < 1.29 is 4.79 Å². The lowest BCUT2D eigenvalue weighted by atomic mass is 9.94. The van der Waals surface area contributed by atoms with Crippen molar-refractivity contribution >= 4 is 23.2 Å². The van der Waals surface area contributed by atoms with Crippen LogP contribution in [0.1, 0.15) is 29.7 Å². The van der Waals surface area contributed by atoms with Gasteiger partial charge < -0.3 is 10.2 Å². The first-order chi connectivity index (χ1) is 18.7. The Morgan fingerprint density at radius 1 is 0.921 bits per heavy atom. The SMILES string of the molecule is Cc1nc2ncnn2c(N2CCC(C(=O)Nc3ccccc3-c3ccccc3)CC2)c1Cc1ccccc1. The van der Waals surface area contributed by atoms with Crippen molar-refractivity contribution in [1.29, 1.82) is 0 Å². The summed E-state index contributed by atoms with van der Waals surface area (Å²) in [6.45, 7) is 3.57. The lowest BCUT2D eigenvalue weighted by Crippen LogP contribution is -2.39. The van der Waals surface area contributed by atoms with Crippen molar-refractivity contribution in [2.75, 3.05) is 23.3 Å². The minimum Gasteiger partial charge on any atom is -0.356 e. The molecule has 0 bridgehead atoms. The lowest BCUT2D eigenvalue weighted by molar-refractivity contribution is -0.120. The Balaban J connectivity index is 1.21. The van der Waals surface area contributed by atoms with Crippen molar-refractivity contribution in [2.24, 2.45) is 5.92 Å². The lowest BCUT2D eigenvalue weighted by Gasteiger charge is -2.34. The highest BCUT2D eigenvalue weighted by molar-refractivity contribution is 5.97. The number of benzene rings is 3. The molecule has 38 heavy (non-hydrogen) atoms. The van der Waals surface area contributed by atoms with Gasteiger partial charge in [0.15, 0.2) is 0 Å². The van der Waals surface area contributed by atoms with Crippen LogP contribution < -0.4 is 10.2 Å². The summed E-state index contributed by atoms with van der Waals surface area (Å²) in [6.07, 6.45) is 3.85. The van der Waals surface area contributed by atoms with Crippen LogP contribution in [0.3, 0.4) is 0 Å². The Labute approximate surface area is 222 Å². The standard InChI is InChI=1S/C31H30N6O/c1-22-27(20-23-10-4-2-5-11-23)30(37-31(34-22)32-21-33-37)36-18-16-25(17-19-36)29(38)35-28-15-9-8-14-26(28)24-12-6-3-7-13-24/h2-15,21,25H,16-20H2,1H3,(H,35,38). The second kappa shape index (κ2) is 10.5. The summed E-state index contributed by atoms with van der Waals surface area (Å²) in [7, 11) is 0. The molecule has 1 aliphatic rings. The van der Waals surface area contributed by atoms with E-state index in [0.717, 1.165) is 66.2 Å². The van der Waals surface area contributed by atoms with E-state index in [9.17, 15) is 4.79 Å². The number of nitrogens with one attached hydrogen (secondary N) is 1. The minimum atomic E-state index is -0.0539. The summed E-state index contributed by atoms with van der Waals surface area (Å²) >= 11 is 0. The number of nitrogens with zero attached hydrogens (tertiary/aromatic N) is 5. The number of carbonyl (C=O) groups is 1. The Kier molecular flexibility index (Phi) is 6.56. The molecule has 7 nitrogen and oxygen atoms in total. The fourth-order valence-electron chi connectivity index (χ4n) is 5.35. The summed E-state index contributed by atoms with van der Waals surface area (Å²) in [5.41, 5.74) is 6.31. The van der Waals surface area contributed by atoms with Crippen molar-refractivity contribution in [3.8, 4) is 11.1 Å². The molecule has 1 saturated heterocycles. The van der Waals surface area contributed by atoms with E-state index in [-0.39, 0.29) is 11.8 Å². The molecule has 0 radical (unpaired) electrons. The Hall–Kier alpha value is -4.52. The molecule has 5 aromatic rings. The van der Waals surface area contributed by atoms with E-state index in [4.69, 9.17) is 4.98 Å². The largest absolute Gasteiger partial charge is 0.356 e. The monoisotopic (exact) mass is 502 g/mol. The number of hydrogen-bond donors (Lipinski definition) is 1. The Morgan fingerprint density at radius 3 is 2.37 bits per heavy atom. The first-order valence-electron chi connectivity index (χ1n) is 13.1. The Morgan fingerprint density at radius 2 is 1.61 bits per heavy atom. The van der Waals surface area contributed by atoms with Crippen LogP contribution in [0.15, 0.2) is 91.3 Å². The van der Waals surface area contributed by atoms with E-state index < -0.39 is 0 Å². The molecule has 1 amide bonds. The molecule has 1 N–H and O–H groups in total. The van der Waals surface area contributed by atoms with Crippen LogP contribution in [0, 0.1) is 12.8 Å². The van der Waals surface area contributed by atoms with Gasteiger partial charge in [0.2, 0.25) is 5.91 Å². The first kappa shape index (κ1) is 23.9. The van der Waals surface area contributed by atoms with E-state index >= 15 is 0 Å². The van der Waals surface area contributed by atoms with Gasteiger partial charge in [-0.3, -0.25) is 4.79 Å². The van der Waals surface area contributed by atoms with Crippen molar-refractivity contribution in [3.05, 3.63) is 108 Å². The van der Waals surface area contributed by atoms with Gasteiger partial charge in [-0.2, -0.15) is 14.6 Å². The number of aromatic nitrogens is 4. The van der Waals surface area contributed by atoms with Crippen LogP contribution >= 0.6 is 0 Å². The summed E-state index contributed by atoms with van der Waals surface area (Å²) in [6, 6.07) is 28.6. The molecule has 190 valence electrons. The summed E-state index contributed by atoms with van der Waals surface area (Å²) in [5.74, 6) is 1.66. The summed E-state index contributed by atoms with van der Waals surface area (Å²) in [4.78, 5) is 24.8. The predicted molar refractivity (Wildman–Crippen MR) is 150 cm³/mol. The topological polar surface area (TPSA) is 75.4 Å². The van der Waals surface area contributed by atoms with Crippen molar-refractivity contribution in [1.82, 2.24) is 19.6 Å². The molecule has 0 aliphatic carbocycles. The maximum absolute atomic E-state index is 13.4. The highest BCUT2D eigenvalue weighted by Gasteiger charge is 2.29. The molecule has 1 aliphatic heterocycles. The van der Waals surface area contributed by atoms with E-state index in [1.54, 1.807) is 6.33 Å². The molecule has 1 fully saturated rings. The smallest absolute Gasteiger partial charge is 0.254 e. The van der Waals surface area contributed by atoms with Crippen molar-refractivity contribution in [3.63, 3.8) is 0 Å². The number of rotatable bonds is 6. The molecule has 0 atom stereocenters. The van der Waals surface area contributed by atoms with Crippen LogP contribution in [0.2, 0.25) is 0 Å². The second-order valence-electron chi connectivity index (χ2n) is 9.80. The van der Waals surface area contributed by atoms with Gasteiger partial charge in [0, 0.05) is 47.9 Å². The van der Waals surface area contributed by atoms with Crippen LogP contribution in [0.5, 0.6) is 0 Å². The molecular weight excluding hydrogens is 472 g/mol. The zero-order valence-corrected chi connectivity index (χ0v) is 21.4.